The van der Waals surface area contributed by atoms with Crippen molar-refractivity contribution in [2.45, 2.75) is 13.8 Å². The fourth-order valence-electron chi connectivity index (χ4n) is 0.898. The van der Waals surface area contributed by atoms with Gasteiger partial charge in [0.25, 0.3) is 0 Å². The van der Waals surface area contributed by atoms with E-state index in [9.17, 15) is 0 Å². The normalized spacial score (nSPS) is 10.1. The molecule has 0 radical (unpaired) electrons. The molecule has 66 valence electrons. The Morgan fingerprint density at radius 2 is 1.75 bits per heavy atom. The molecule has 0 spiro atoms. The van der Waals surface area contributed by atoms with Crippen LogP contribution in [-0.4, -0.2) is 0 Å². The molecule has 4 heteroatoms. The molecular formula is C8H8Br3N. The molecular weight excluding hydrogens is 350 g/mol. The largest absolute Gasteiger partial charge is 0.241 e. The number of rotatable bonds is 1. The van der Waals surface area contributed by atoms with Gasteiger partial charge in [0.05, 0.1) is 38.0 Å². The van der Waals surface area contributed by atoms with Gasteiger partial charge in [0.2, 0.25) is 0 Å². The van der Waals surface area contributed by atoms with E-state index in [2.05, 4.69) is 68.1 Å². The highest BCUT2D eigenvalue weighted by Crippen LogP contribution is 2.34. The van der Waals surface area contributed by atoms with E-state index in [1.807, 2.05) is 6.07 Å². The standard InChI is InChI=1S/C8H8Br3N/c1-5-3-4-7(12(10)11)8(9)6(5)2/h3-4H,1-2H3. The summed E-state index contributed by atoms with van der Waals surface area (Å²) in [6.45, 7) is 4.18. The van der Waals surface area contributed by atoms with Crippen LogP contribution in [-0.2, 0) is 0 Å². The second-order valence-corrected chi connectivity index (χ2v) is 5.74. The lowest BCUT2D eigenvalue weighted by Crippen LogP contribution is -1.94. The van der Waals surface area contributed by atoms with Gasteiger partial charge in [-0.1, -0.05) is 6.07 Å². The summed E-state index contributed by atoms with van der Waals surface area (Å²) in [6, 6.07) is 4.13. The minimum absolute atomic E-state index is 1.07. The van der Waals surface area contributed by atoms with E-state index in [1.165, 1.54) is 11.1 Å². The van der Waals surface area contributed by atoms with Crippen molar-refractivity contribution >= 4 is 53.9 Å². The SMILES string of the molecule is Cc1ccc(N(Br)Br)c(Br)c1C. The van der Waals surface area contributed by atoms with Gasteiger partial charge in [0.1, 0.15) is 0 Å². The summed E-state index contributed by atoms with van der Waals surface area (Å²) in [7, 11) is 0. The van der Waals surface area contributed by atoms with Crippen molar-refractivity contribution in [3.8, 4) is 0 Å². The van der Waals surface area contributed by atoms with Crippen molar-refractivity contribution in [1.82, 2.24) is 0 Å². The number of aryl methyl sites for hydroxylation is 1. The zero-order valence-corrected chi connectivity index (χ0v) is 11.5. The number of halogens is 3. The van der Waals surface area contributed by atoms with Gasteiger partial charge >= 0.3 is 0 Å². The Labute approximate surface area is 97.9 Å². The molecule has 1 rings (SSSR count). The van der Waals surface area contributed by atoms with Crippen molar-refractivity contribution < 1.29 is 0 Å². The van der Waals surface area contributed by atoms with Crippen LogP contribution in [0, 0.1) is 13.8 Å². The second-order valence-electron chi connectivity index (χ2n) is 2.57. The summed E-state index contributed by atoms with van der Waals surface area (Å²) >= 11 is 10.2. The maximum atomic E-state index is 3.53. The summed E-state index contributed by atoms with van der Waals surface area (Å²) < 4.78 is 2.84. The topological polar surface area (TPSA) is 3.24 Å². The molecule has 0 atom stereocenters. The van der Waals surface area contributed by atoms with Crippen LogP contribution in [0.5, 0.6) is 0 Å². The molecule has 0 amide bonds. The third-order valence-corrected chi connectivity index (χ3v) is 3.58. The van der Waals surface area contributed by atoms with E-state index in [0.717, 1.165) is 10.2 Å². The van der Waals surface area contributed by atoms with Gasteiger partial charge in [-0.15, -0.1) is 0 Å². The first-order valence-electron chi connectivity index (χ1n) is 3.41. The first-order valence-corrected chi connectivity index (χ1v) is 5.62. The van der Waals surface area contributed by atoms with Gasteiger partial charge in [-0.2, -0.15) is 0 Å². The molecule has 0 aromatic heterocycles. The lowest BCUT2D eigenvalue weighted by atomic mass is 10.1. The molecule has 0 heterocycles. The minimum Gasteiger partial charge on any atom is -0.241 e. The zero-order chi connectivity index (χ0) is 9.30. The van der Waals surface area contributed by atoms with E-state index < -0.39 is 0 Å². The maximum Gasteiger partial charge on any atom is 0.0740 e. The lowest BCUT2D eigenvalue weighted by Gasteiger charge is -2.12. The van der Waals surface area contributed by atoms with Crippen molar-refractivity contribution in [2.75, 3.05) is 2.95 Å². The summed E-state index contributed by atoms with van der Waals surface area (Å²) in [5, 5.41) is 0. The number of nitrogens with zero attached hydrogens (tertiary/aromatic N) is 1. The Balaban J connectivity index is 3.27. The van der Waals surface area contributed by atoms with Crippen LogP contribution in [0.25, 0.3) is 0 Å². The van der Waals surface area contributed by atoms with E-state index in [1.54, 1.807) is 2.95 Å². The van der Waals surface area contributed by atoms with E-state index in [-0.39, 0.29) is 0 Å². The van der Waals surface area contributed by atoms with Crippen LogP contribution >= 0.6 is 48.2 Å². The van der Waals surface area contributed by atoms with Crippen LogP contribution in [0.4, 0.5) is 5.69 Å². The summed E-state index contributed by atoms with van der Waals surface area (Å²) in [5.74, 6) is 0. The monoisotopic (exact) mass is 355 g/mol. The maximum absolute atomic E-state index is 3.53. The van der Waals surface area contributed by atoms with Crippen molar-refractivity contribution in [1.29, 1.82) is 0 Å². The Morgan fingerprint density at radius 1 is 1.17 bits per heavy atom. The minimum atomic E-state index is 1.07. The molecule has 1 nitrogen and oxygen atoms in total. The predicted molar refractivity (Wildman–Crippen MR) is 63.9 cm³/mol. The van der Waals surface area contributed by atoms with Gasteiger partial charge in [0.15, 0.2) is 0 Å². The fourth-order valence-corrected chi connectivity index (χ4v) is 2.59. The highest BCUT2D eigenvalue weighted by Gasteiger charge is 2.07. The molecule has 0 saturated carbocycles. The van der Waals surface area contributed by atoms with Gasteiger partial charge in [-0.25, -0.2) is 2.95 Å². The molecule has 0 saturated heterocycles. The van der Waals surface area contributed by atoms with E-state index in [4.69, 9.17) is 0 Å². The second kappa shape index (κ2) is 4.11. The smallest absolute Gasteiger partial charge is 0.0740 e. The van der Waals surface area contributed by atoms with Gasteiger partial charge in [-0.05, 0) is 47.0 Å². The molecule has 1 aromatic carbocycles. The van der Waals surface area contributed by atoms with Crippen molar-refractivity contribution in [3.63, 3.8) is 0 Å². The lowest BCUT2D eigenvalue weighted by molar-refractivity contribution is 1.31. The van der Waals surface area contributed by atoms with Gasteiger partial charge in [0, 0.05) is 4.47 Å². The fraction of sp³-hybridized carbons (Fsp3) is 0.250. The van der Waals surface area contributed by atoms with Gasteiger partial charge in [-0.3, -0.25) is 0 Å². The van der Waals surface area contributed by atoms with Crippen LogP contribution in [0.15, 0.2) is 16.6 Å². The quantitative estimate of drug-likeness (QED) is 0.669. The van der Waals surface area contributed by atoms with E-state index >= 15 is 0 Å². The van der Waals surface area contributed by atoms with Crippen LogP contribution in [0.3, 0.4) is 0 Å². The molecule has 0 aliphatic rings. The number of hydrogen-bond acceptors (Lipinski definition) is 1. The third kappa shape index (κ3) is 2.03. The number of benzene rings is 1. The molecule has 1 aromatic rings. The Hall–Kier alpha value is 0.460. The molecule has 0 aliphatic heterocycles. The summed E-state index contributed by atoms with van der Waals surface area (Å²) in [5.41, 5.74) is 3.61. The first-order chi connectivity index (χ1) is 5.54. The highest BCUT2D eigenvalue weighted by atomic mass is 79.9. The first kappa shape index (κ1) is 10.5. The molecule has 0 unspecified atom stereocenters. The molecule has 12 heavy (non-hydrogen) atoms. The molecule has 0 fully saturated rings. The summed E-state index contributed by atoms with van der Waals surface area (Å²) in [6.07, 6.45) is 0. The van der Waals surface area contributed by atoms with E-state index in [0.29, 0.717) is 0 Å². The Morgan fingerprint density at radius 3 is 2.25 bits per heavy atom. The zero-order valence-electron chi connectivity index (χ0n) is 6.74. The van der Waals surface area contributed by atoms with Crippen molar-refractivity contribution in [3.05, 3.63) is 27.7 Å². The van der Waals surface area contributed by atoms with Crippen molar-refractivity contribution in [2.24, 2.45) is 0 Å². The third-order valence-electron chi connectivity index (χ3n) is 1.82. The van der Waals surface area contributed by atoms with Crippen LogP contribution < -0.4 is 2.95 Å². The number of hydrogen-bond donors (Lipinski definition) is 0. The van der Waals surface area contributed by atoms with Crippen LogP contribution in [0.1, 0.15) is 11.1 Å². The Kier molecular flexibility index (Phi) is 3.61. The molecule has 0 N–H and O–H groups in total. The molecule has 0 aliphatic carbocycles. The average Bonchev–Trinajstić information content (AvgIpc) is 2.00. The molecule has 0 bridgehead atoms. The van der Waals surface area contributed by atoms with Gasteiger partial charge < -0.3 is 0 Å². The van der Waals surface area contributed by atoms with Crippen LogP contribution in [0.2, 0.25) is 0 Å². The summed E-state index contributed by atoms with van der Waals surface area (Å²) in [4.78, 5) is 0. The highest BCUT2D eigenvalue weighted by molar-refractivity contribution is 9.25. The predicted octanol–water partition coefficient (Wildman–Crippen LogP) is 4.49. The number of anilines is 1. The average molecular weight is 358 g/mol. The Bertz CT molecular complexity index is 297.